The zero-order valence-corrected chi connectivity index (χ0v) is 15.6. The molecule has 0 bridgehead atoms. The van der Waals surface area contributed by atoms with E-state index in [0.717, 1.165) is 22.7 Å². The molecule has 0 unspecified atom stereocenters. The van der Waals surface area contributed by atoms with Gasteiger partial charge in [0.15, 0.2) is 0 Å². The van der Waals surface area contributed by atoms with Gasteiger partial charge in [0.25, 0.3) is 5.56 Å². The molecule has 2 aromatic heterocycles. The number of benzene rings is 2. The van der Waals surface area contributed by atoms with Crippen molar-refractivity contribution in [2.45, 2.75) is 19.8 Å². The third-order valence-electron chi connectivity index (χ3n) is 4.72. The van der Waals surface area contributed by atoms with E-state index in [2.05, 4.69) is 31.0 Å². The highest BCUT2D eigenvalue weighted by Crippen LogP contribution is 2.23. The molecule has 136 valence electrons. The molecule has 4 aromatic rings. The number of fused-ring (bicyclic) bond motifs is 1. The van der Waals surface area contributed by atoms with E-state index in [1.54, 1.807) is 22.3 Å². The first kappa shape index (κ1) is 17.1. The second-order valence-corrected chi connectivity index (χ2v) is 6.81. The molecule has 0 N–H and O–H groups in total. The molecule has 0 amide bonds. The van der Waals surface area contributed by atoms with Gasteiger partial charge in [-0.05, 0) is 35.7 Å². The second kappa shape index (κ2) is 6.76. The molecule has 0 saturated heterocycles. The molecule has 5 nitrogen and oxygen atoms in total. The fraction of sp³-hybridized carbons (Fsp3) is 0.182. The highest BCUT2D eigenvalue weighted by Gasteiger charge is 2.11. The van der Waals surface area contributed by atoms with E-state index in [-0.39, 0.29) is 5.56 Å². The monoisotopic (exact) mass is 359 g/mol. The van der Waals surface area contributed by atoms with Gasteiger partial charge in [-0.2, -0.15) is 0 Å². The first-order valence-corrected chi connectivity index (χ1v) is 8.92. The summed E-state index contributed by atoms with van der Waals surface area (Å²) >= 11 is 0. The maximum Gasteiger partial charge on any atom is 0.298 e. The first-order chi connectivity index (χ1) is 13.1. The van der Waals surface area contributed by atoms with Gasteiger partial charge in [0.2, 0.25) is 5.65 Å². The maximum atomic E-state index is 13.0. The maximum absolute atomic E-state index is 13.0. The van der Waals surface area contributed by atoms with Crippen LogP contribution < -0.4 is 10.3 Å². The summed E-state index contributed by atoms with van der Waals surface area (Å²) in [5.41, 5.74) is 3.96. The number of hydrogen-bond acceptors (Lipinski definition) is 3. The minimum atomic E-state index is -0.149. The molecule has 0 spiro atoms. The van der Waals surface area contributed by atoms with Crippen LogP contribution in [0.5, 0.6) is 5.75 Å². The zero-order valence-electron chi connectivity index (χ0n) is 15.6. The number of hydrogen-bond donors (Lipinski definition) is 0. The molecular weight excluding hydrogens is 338 g/mol. The van der Waals surface area contributed by atoms with Crippen molar-refractivity contribution in [1.82, 2.24) is 14.0 Å². The van der Waals surface area contributed by atoms with Gasteiger partial charge in [-0.3, -0.25) is 9.36 Å². The Labute approximate surface area is 157 Å². The lowest BCUT2D eigenvalue weighted by molar-refractivity contribution is 0.415. The zero-order chi connectivity index (χ0) is 19.0. The average Bonchev–Trinajstić information content (AvgIpc) is 3.14. The Kier molecular flexibility index (Phi) is 4.28. The number of ether oxygens (including phenoxy) is 1. The van der Waals surface area contributed by atoms with Gasteiger partial charge in [0, 0.05) is 29.8 Å². The Morgan fingerprint density at radius 1 is 1.04 bits per heavy atom. The molecule has 0 atom stereocenters. The van der Waals surface area contributed by atoms with E-state index in [1.165, 1.54) is 5.56 Å². The summed E-state index contributed by atoms with van der Waals surface area (Å²) in [6.45, 7) is 4.30. The van der Waals surface area contributed by atoms with Gasteiger partial charge < -0.3 is 9.14 Å². The highest BCUT2D eigenvalue weighted by molar-refractivity contribution is 5.64. The molecule has 0 fully saturated rings. The number of rotatable bonds is 4. The fourth-order valence-electron chi connectivity index (χ4n) is 3.12. The van der Waals surface area contributed by atoms with E-state index < -0.39 is 0 Å². The molecular formula is C22H21N3O2. The van der Waals surface area contributed by atoms with Gasteiger partial charge >= 0.3 is 0 Å². The summed E-state index contributed by atoms with van der Waals surface area (Å²) in [6.07, 6.45) is 5.48. The number of imidazole rings is 1. The van der Waals surface area contributed by atoms with Crippen LogP contribution >= 0.6 is 0 Å². The summed E-state index contributed by atoms with van der Waals surface area (Å²) in [5, 5.41) is 0. The second-order valence-electron chi connectivity index (χ2n) is 6.81. The smallest absolute Gasteiger partial charge is 0.298 e. The number of methoxy groups -OCH3 is 1. The van der Waals surface area contributed by atoms with E-state index in [4.69, 9.17) is 4.74 Å². The van der Waals surface area contributed by atoms with Crippen LogP contribution in [0.25, 0.3) is 22.6 Å². The number of aromatic nitrogens is 3. The molecule has 2 heterocycles. The van der Waals surface area contributed by atoms with Crippen molar-refractivity contribution in [2.75, 3.05) is 7.11 Å². The lowest BCUT2D eigenvalue weighted by Crippen LogP contribution is -2.19. The standard InChI is InChI=1S/C22H21N3O2/c1-15(2)16-7-9-18(10-8-16)25-12-11-24-14-20(23-21(24)22(25)26)17-5-4-6-19(13-17)27-3/h4-15H,1-3H3. The molecule has 4 rings (SSSR count). The molecule has 0 aliphatic rings. The van der Waals surface area contributed by atoms with E-state index in [1.807, 2.05) is 48.8 Å². The minimum Gasteiger partial charge on any atom is -0.497 e. The molecule has 5 heteroatoms. The van der Waals surface area contributed by atoms with Crippen LogP contribution in [0, 0.1) is 0 Å². The van der Waals surface area contributed by atoms with Crippen molar-refractivity contribution in [3.8, 4) is 22.7 Å². The molecule has 27 heavy (non-hydrogen) atoms. The predicted molar refractivity (Wildman–Crippen MR) is 107 cm³/mol. The van der Waals surface area contributed by atoms with Crippen molar-refractivity contribution in [3.05, 3.63) is 83.0 Å². The minimum absolute atomic E-state index is 0.149. The largest absolute Gasteiger partial charge is 0.497 e. The van der Waals surface area contributed by atoms with Gasteiger partial charge in [-0.15, -0.1) is 0 Å². The molecule has 0 radical (unpaired) electrons. The lowest BCUT2D eigenvalue weighted by Gasteiger charge is -2.09. The van der Waals surface area contributed by atoms with Crippen molar-refractivity contribution >= 4 is 5.65 Å². The third-order valence-corrected chi connectivity index (χ3v) is 4.72. The van der Waals surface area contributed by atoms with Crippen molar-refractivity contribution in [2.24, 2.45) is 0 Å². The summed E-state index contributed by atoms with van der Waals surface area (Å²) in [6, 6.07) is 15.7. The Morgan fingerprint density at radius 3 is 2.52 bits per heavy atom. The topological polar surface area (TPSA) is 48.5 Å². The molecule has 0 aliphatic carbocycles. The van der Waals surface area contributed by atoms with Gasteiger partial charge in [0.1, 0.15) is 5.75 Å². The number of nitrogens with zero attached hydrogens (tertiary/aromatic N) is 3. The SMILES string of the molecule is COc1cccc(-c2cn3ccn(-c4ccc(C(C)C)cc4)c(=O)c3n2)c1. The van der Waals surface area contributed by atoms with Crippen molar-refractivity contribution < 1.29 is 4.74 Å². The average molecular weight is 359 g/mol. The van der Waals surface area contributed by atoms with Crippen LogP contribution in [-0.4, -0.2) is 21.1 Å². The first-order valence-electron chi connectivity index (χ1n) is 8.92. The van der Waals surface area contributed by atoms with Crippen LogP contribution in [0.1, 0.15) is 25.3 Å². The summed E-state index contributed by atoms with van der Waals surface area (Å²) < 4.78 is 8.66. The van der Waals surface area contributed by atoms with Crippen LogP contribution in [-0.2, 0) is 0 Å². The fourth-order valence-corrected chi connectivity index (χ4v) is 3.12. The van der Waals surface area contributed by atoms with Crippen LogP contribution in [0.2, 0.25) is 0 Å². The Hall–Kier alpha value is -3.34. The summed E-state index contributed by atoms with van der Waals surface area (Å²) in [5.74, 6) is 1.21. The van der Waals surface area contributed by atoms with Crippen LogP contribution in [0.3, 0.4) is 0 Å². The summed E-state index contributed by atoms with van der Waals surface area (Å²) in [7, 11) is 1.63. The van der Waals surface area contributed by atoms with Gasteiger partial charge in [0.05, 0.1) is 12.8 Å². The van der Waals surface area contributed by atoms with E-state index >= 15 is 0 Å². The molecule has 2 aromatic carbocycles. The normalized spacial score (nSPS) is 11.3. The van der Waals surface area contributed by atoms with E-state index in [9.17, 15) is 4.79 Å². The van der Waals surface area contributed by atoms with Crippen LogP contribution in [0.15, 0.2) is 71.9 Å². The summed E-state index contributed by atoms with van der Waals surface area (Å²) in [4.78, 5) is 17.5. The van der Waals surface area contributed by atoms with E-state index in [0.29, 0.717) is 11.6 Å². The molecule has 0 aliphatic heterocycles. The van der Waals surface area contributed by atoms with Crippen LogP contribution in [0.4, 0.5) is 0 Å². The highest BCUT2D eigenvalue weighted by atomic mass is 16.5. The quantitative estimate of drug-likeness (QED) is 0.546. The molecule has 0 saturated carbocycles. The van der Waals surface area contributed by atoms with Gasteiger partial charge in [-0.1, -0.05) is 38.1 Å². The van der Waals surface area contributed by atoms with Gasteiger partial charge in [-0.25, -0.2) is 4.98 Å². The third kappa shape index (κ3) is 3.12. The van der Waals surface area contributed by atoms with Crippen molar-refractivity contribution in [3.63, 3.8) is 0 Å². The Balaban J connectivity index is 1.79. The van der Waals surface area contributed by atoms with Crippen molar-refractivity contribution in [1.29, 1.82) is 0 Å². The Bertz CT molecular complexity index is 1150. The Morgan fingerprint density at radius 2 is 1.81 bits per heavy atom. The lowest BCUT2D eigenvalue weighted by atomic mass is 10.0. The predicted octanol–water partition coefficient (Wildman–Crippen LogP) is 4.28.